The van der Waals surface area contributed by atoms with Crippen molar-refractivity contribution in [1.82, 2.24) is 14.5 Å². The number of halogens is 1. The van der Waals surface area contributed by atoms with Crippen LogP contribution in [-0.2, 0) is 4.79 Å². The molecule has 10 heteroatoms. The van der Waals surface area contributed by atoms with Crippen LogP contribution in [0.4, 0.5) is 5.69 Å². The molecule has 0 saturated carbocycles. The number of aromatic nitrogens is 3. The standard InChI is InChI=1S/C19H13ClN4O2S3/c20-12-8-4-5-9-13(12)21-14(25)10-28-18-22-16-15(17(26)23-18)29-19(27)24(16)11-6-2-1-3-7-11/h1-9H,10H2,(H,21,25)(H,22,23,26). The number of anilines is 1. The molecule has 6 nitrogen and oxygen atoms in total. The predicted octanol–water partition coefficient (Wildman–Crippen LogP) is 4.89. The number of carbonyl (C=O) groups excluding carboxylic acids is 1. The van der Waals surface area contributed by atoms with Crippen molar-refractivity contribution in [2.24, 2.45) is 0 Å². The van der Waals surface area contributed by atoms with Crippen LogP contribution in [0.2, 0.25) is 5.02 Å². The maximum Gasteiger partial charge on any atom is 0.271 e. The normalized spacial score (nSPS) is 10.9. The van der Waals surface area contributed by atoms with Crippen LogP contribution >= 0.6 is 46.9 Å². The highest BCUT2D eigenvalue weighted by Gasteiger charge is 2.14. The number of nitrogens with one attached hydrogen (secondary N) is 2. The molecular weight excluding hydrogens is 448 g/mol. The van der Waals surface area contributed by atoms with Gasteiger partial charge >= 0.3 is 0 Å². The summed E-state index contributed by atoms with van der Waals surface area (Å²) in [6.07, 6.45) is 0. The van der Waals surface area contributed by atoms with E-state index in [2.05, 4.69) is 15.3 Å². The first-order chi connectivity index (χ1) is 14.0. The zero-order valence-corrected chi connectivity index (χ0v) is 17.9. The molecule has 146 valence electrons. The second-order valence-corrected chi connectivity index (χ2v) is 8.89. The number of H-pyrrole nitrogens is 1. The van der Waals surface area contributed by atoms with Gasteiger partial charge in [-0.1, -0.05) is 65.0 Å². The summed E-state index contributed by atoms with van der Waals surface area (Å²) in [5.41, 5.74) is 1.56. The molecule has 2 heterocycles. The van der Waals surface area contributed by atoms with E-state index < -0.39 is 0 Å². The first kappa shape index (κ1) is 19.8. The summed E-state index contributed by atoms with van der Waals surface area (Å²) < 4.78 is 2.74. The van der Waals surface area contributed by atoms with Crippen LogP contribution in [0.15, 0.2) is 64.5 Å². The number of hydrogen-bond donors (Lipinski definition) is 2. The lowest BCUT2D eigenvalue weighted by atomic mass is 10.3. The minimum absolute atomic E-state index is 0.0654. The average molecular weight is 461 g/mol. The fourth-order valence-electron chi connectivity index (χ4n) is 2.65. The molecule has 4 rings (SSSR count). The van der Waals surface area contributed by atoms with Crippen molar-refractivity contribution in [3.63, 3.8) is 0 Å². The van der Waals surface area contributed by atoms with Crippen molar-refractivity contribution in [3.05, 3.63) is 73.9 Å². The van der Waals surface area contributed by atoms with Crippen molar-refractivity contribution in [2.45, 2.75) is 5.16 Å². The van der Waals surface area contributed by atoms with Gasteiger partial charge in [-0.15, -0.1) is 0 Å². The lowest BCUT2D eigenvalue weighted by Crippen LogP contribution is -2.15. The monoisotopic (exact) mass is 460 g/mol. The van der Waals surface area contributed by atoms with E-state index in [1.165, 1.54) is 11.3 Å². The zero-order valence-electron chi connectivity index (χ0n) is 14.7. The molecule has 0 aliphatic rings. The Morgan fingerprint density at radius 1 is 1.21 bits per heavy atom. The van der Waals surface area contributed by atoms with E-state index in [0.29, 0.717) is 30.2 Å². The molecule has 0 bridgehead atoms. The van der Waals surface area contributed by atoms with E-state index >= 15 is 0 Å². The molecule has 1 amide bonds. The smallest absolute Gasteiger partial charge is 0.271 e. The van der Waals surface area contributed by atoms with E-state index in [1.54, 1.807) is 28.8 Å². The Bertz CT molecular complexity index is 1310. The number of thiazole rings is 1. The van der Waals surface area contributed by atoms with E-state index in [1.807, 2.05) is 30.3 Å². The lowest BCUT2D eigenvalue weighted by molar-refractivity contribution is -0.113. The number of carbonyl (C=O) groups is 1. The van der Waals surface area contributed by atoms with Crippen molar-refractivity contribution in [2.75, 3.05) is 11.1 Å². The summed E-state index contributed by atoms with van der Waals surface area (Å²) >= 11 is 13.8. The Morgan fingerprint density at radius 2 is 1.93 bits per heavy atom. The second-order valence-electron chi connectivity index (χ2n) is 5.88. The summed E-state index contributed by atoms with van der Waals surface area (Å²) in [5.74, 6) is -0.188. The lowest BCUT2D eigenvalue weighted by Gasteiger charge is -2.07. The van der Waals surface area contributed by atoms with Crippen LogP contribution in [0.5, 0.6) is 0 Å². The molecule has 4 aromatic rings. The number of hydrogen-bond acceptors (Lipinski definition) is 6. The van der Waals surface area contributed by atoms with E-state index in [-0.39, 0.29) is 17.2 Å². The number of aromatic amines is 1. The SMILES string of the molecule is O=C(CSc1nc2c(sc(=S)n2-c2ccccc2)c(=O)[nH]1)Nc1ccccc1Cl. The first-order valence-corrected chi connectivity index (χ1v) is 11.0. The van der Waals surface area contributed by atoms with Crippen molar-refractivity contribution in [3.8, 4) is 5.69 Å². The molecule has 0 fully saturated rings. The topological polar surface area (TPSA) is 79.8 Å². The maximum atomic E-state index is 12.5. The number of rotatable bonds is 5. The van der Waals surface area contributed by atoms with Crippen LogP contribution in [0.1, 0.15) is 0 Å². The van der Waals surface area contributed by atoms with Crippen LogP contribution in [0, 0.1) is 3.95 Å². The third-order valence-corrected chi connectivity index (χ3v) is 6.49. The third-order valence-electron chi connectivity index (χ3n) is 3.92. The highest BCUT2D eigenvalue weighted by molar-refractivity contribution is 7.99. The molecule has 0 saturated heterocycles. The van der Waals surface area contributed by atoms with E-state index in [4.69, 9.17) is 23.8 Å². The predicted molar refractivity (Wildman–Crippen MR) is 121 cm³/mol. The van der Waals surface area contributed by atoms with E-state index in [0.717, 1.165) is 17.4 Å². The van der Waals surface area contributed by atoms with Gasteiger partial charge in [0, 0.05) is 5.69 Å². The minimum Gasteiger partial charge on any atom is -0.324 e. The third kappa shape index (κ3) is 4.27. The number of fused-ring (bicyclic) bond motifs is 1. The average Bonchev–Trinajstić information content (AvgIpc) is 3.05. The summed E-state index contributed by atoms with van der Waals surface area (Å²) in [5, 5.41) is 3.54. The van der Waals surface area contributed by atoms with Gasteiger partial charge in [0.25, 0.3) is 5.56 Å². The molecule has 2 aromatic heterocycles. The Balaban J connectivity index is 1.60. The maximum absolute atomic E-state index is 12.5. The number of thioether (sulfide) groups is 1. The molecule has 0 radical (unpaired) electrons. The van der Waals surface area contributed by atoms with Crippen LogP contribution in [0.3, 0.4) is 0 Å². The Morgan fingerprint density at radius 3 is 2.69 bits per heavy atom. The molecular formula is C19H13ClN4O2S3. The van der Waals surface area contributed by atoms with Crippen molar-refractivity contribution < 1.29 is 4.79 Å². The molecule has 2 N–H and O–H groups in total. The largest absolute Gasteiger partial charge is 0.324 e. The number of amides is 1. The second kappa shape index (κ2) is 8.50. The molecule has 2 aromatic carbocycles. The molecule has 0 aliphatic heterocycles. The van der Waals surface area contributed by atoms with Gasteiger partial charge in [-0.25, -0.2) is 4.98 Å². The molecule has 29 heavy (non-hydrogen) atoms. The van der Waals surface area contributed by atoms with Gasteiger partial charge in [-0.2, -0.15) is 0 Å². The van der Waals surface area contributed by atoms with Gasteiger partial charge in [0.2, 0.25) is 5.91 Å². The van der Waals surface area contributed by atoms with Crippen LogP contribution < -0.4 is 10.9 Å². The quantitative estimate of drug-likeness (QED) is 0.252. The van der Waals surface area contributed by atoms with Gasteiger partial charge in [-0.05, 0) is 36.5 Å². The first-order valence-electron chi connectivity index (χ1n) is 8.41. The molecule has 0 spiro atoms. The minimum atomic E-state index is -0.283. The Kier molecular flexibility index (Phi) is 5.81. The van der Waals surface area contributed by atoms with Gasteiger partial charge in [-0.3, -0.25) is 14.2 Å². The van der Waals surface area contributed by atoms with E-state index in [9.17, 15) is 9.59 Å². The molecule has 0 atom stereocenters. The van der Waals surface area contributed by atoms with Gasteiger partial charge in [0.05, 0.1) is 16.5 Å². The number of nitrogens with zero attached hydrogens (tertiary/aromatic N) is 2. The Labute approximate surface area is 183 Å². The number of para-hydroxylation sites is 2. The van der Waals surface area contributed by atoms with Gasteiger partial charge < -0.3 is 10.3 Å². The Hall–Kier alpha value is -2.46. The van der Waals surface area contributed by atoms with Gasteiger partial charge in [0.1, 0.15) is 4.70 Å². The summed E-state index contributed by atoms with van der Waals surface area (Å²) in [6, 6.07) is 16.5. The highest BCUT2D eigenvalue weighted by Crippen LogP contribution is 2.25. The summed E-state index contributed by atoms with van der Waals surface area (Å²) in [4.78, 5) is 32.0. The fourth-order valence-corrected chi connectivity index (χ4v) is 4.76. The summed E-state index contributed by atoms with van der Waals surface area (Å²) in [7, 11) is 0. The molecule has 0 unspecified atom stereocenters. The zero-order chi connectivity index (χ0) is 20.4. The van der Waals surface area contributed by atoms with Crippen LogP contribution in [-0.4, -0.2) is 26.2 Å². The molecule has 0 aliphatic carbocycles. The van der Waals surface area contributed by atoms with Crippen LogP contribution in [0.25, 0.3) is 16.0 Å². The fraction of sp³-hybridized carbons (Fsp3) is 0.0526. The highest BCUT2D eigenvalue weighted by atomic mass is 35.5. The summed E-state index contributed by atoms with van der Waals surface area (Å²) in [6.45, 7) is 0. The number of benzene rings is 2. The van der Waals surface area contributed by atoms with Crippen molar-refractivity contribution in [1.29, 1.82) is 0 Å². The van der Waals surface area contributed by atoms with Gasteiger partial charge in [0.15, 0.2) is 14.8 Å². The van der Waals surface area contributed by atoms with Crippen molar-refractivity contribution >= 4 is 68.9 Å².